The molecule has 19 heavy (non-hydrogen) atoms. The first-order chi connectivity index (χ1) is 9.05. The largest absolute Gasteiger partial charge is 0.297 e. The molecule has 0 saturated carbocycles. The molecule has 1 aromatic carbocycles. The van der Waals surface area contributed by atoms with Gasteiger partial charge in [0, 0.05) is 16.5 Å². The molecule has 0 spiro atoms. The molecule has 3 nitrogen and oxygen atoms in total. The average molecular weight is 276 g/mol. The monoisotopic (exact) mass is 276 g/mol. The van der Waals surface area contributed by atoms with Crippen molar-refractivity contribution in [1.29, 1.82) is 0 Å². The molecule has 1 N–H and O–H groups in total. The highest BCUT2D eigenvalue weighted by atomic mass is 32.1. The number of hydroxylamine groups is 1. The molecule has 2 rings (SSSR count). The van der Waals surface area contributed by atoms with E-state index in [4.69, 9.17) is 4.84 Å². The van der Waals surface area contributed by atoms with Crippen LogP contribution >= 0.6 is 11.3 Å². The van der Waals surface area contributed by atoms with E-state index >= 15 is 0 Å². The van der Waals surface area contributed by atoms with Gasteiger partial charge in [-0.15, -0.1) is 11.3 Å². The summed E-state index contributed by atoms with van der Waals surface area (Å²) in [6.45, 7) is 7.80. The number of hydrogen-bond acceptors (Lipinski definition) is 4. The van der Waals surface area contributed by atoms with Crippen molar-refractivity contribution in [3.8, 4) is 0 Å². The Hall–Kier alpha value is -1.23. The van der Waals surface area contributed by atoms with E-state index < -0.39 is 0 Å². The number of hydrogen-bond donors (Lipinski definition) is 1. The average Bonchev–Trinajstić information content (AvgIpc) is 2.85. The number of nitrogens with one attached hydrogen (secondary N) is 1. The van der Waals surface area contributed by atoms with Crippen molar-refractivity contribution in [2.75, 3.05) is 0 Å². The molecule has 0 amide bonds. The molecular formula is C15H20N2OS. The van der Waals surface area contributed by atoms with Crippen molar-refractivity contribution >= 4 is 11.3 Å². The predicted octanol–water partition coefficient (Wildman–Crippen LogP) is 3.66. The number of benzene rings is 1. The fraction of sp³-hybridized carbons (Fsp3) is 0.400. The van der Waals surface area contributed by atoms with Gasteiger partial charge in [0.2, 0.25) is 0 Å². The van der Waals surface area contributed by atoms with Crippen molar-refractivity contribution in [2.24, 2.45) is 0 Å². The van der Waals surface area contributed by atoms with Gasteiger partial charge >= 0.3 is 0 Å². The Bertz CT molecular complexity index is 502. The molecule has 2 aromatic rings. The van der Waals surface area contributed by atoms with Crippen molar-refractivity contribution in [2.45, 2.75) is 39.3 Å². The molecule has 1 aromatic heterocycles. The standard InChI is InChI=1S/C15H20N2OS/c1-15(2,3)14-16-9-13(19-14)10-17-18-11-12-7-5-4-6-8-12/h4-9,17H,10-11H2,1-3H3. The molecule has 0 fully saturated rings. The quantitative estimate of drug-likeness (QED) is 0.668. The summed E-state index contributed by atoms with van der Waals surface area (Å²) in [4.78, 5) is 11.1. The molecular weight excluding hydrogens is 256 g/mol. The van der Waals surface area contributed by atoms with Gasteiger partial charge in [0.15, 0.2) is 0 Å². The molecule has 102 valence electrons. The fourth-order valence-electron chi connectivity index (χ4n) is 1.57. The van der Waals surface area contributed by atoms with Crippen LogP contribution in [-0.4, -0.2) is 4.98 Å². The van der Waals surface area contributed by atoms with Crippen molar-refractivity contribution in [3.05, 3.63) is 52.0 Å². The van der Waals surface area contributed by atoms with Crippen LogP contribution in [-0.2, 0) is 23.4 Å². The van der Waals surface area contributed by atoms with Gasteiger partial charge < -0.3 is 0 Å². The van der Waals surface area contributed by atoms with E-state index in [0.717, 1.165) is 10.6 Å². The van der Waals surface area contributed by atoms with Crippen LogP contribution in [0.2, 0.25) is 0 Å². The van der Waals surface area contributed by atoms with E-state index in [1.807, 2.05) is 36.5 Å². The third-order valence-electron chi connectivity index (χ3n) is 2.63. The third-order valence-corrected chi connectivity index (χ3v) is 4.05. The molecule has 0 bridgehead atoms. The minimum absolute atomic E-state index is 0.119. The summed E-state index contributed by atoms with van der Waals surface area (Å²) >= 11 is 1.73. The maximum atomic E-state index is 5.45. The molecule has 0 saturated heterocycles. The van der Waals surface area contributed by atoms with Crippen LogP contribution in [0.5, 0.6) is 0 Å². The molecule has 0 radical (unpaired) electrons. The molecule has 0 aliphatic carbocycles. The Morgan fingerprint density at radius 2 is 1.95 bits per heavy atom. The number of thiazole rings is 1. The Morgan fingerprint density at radius 3 is 2.58 bits per heavy atom. The molecule has 1 heterocycles. The normalized spacial score (nSPS) is 11.7. The maximum absolute atomic E-state index is 5.45. The SMILES string of the molecule is CC(C)(C)c1ncc(CNOCc2ccccc2)s1. The first-order valence-corrected chi connectivity index (χ1v) is 7.21. The van der Waals surface area contributed by atoms with E-state index in [2.05, 4.69) is 31.2 Å². The van der Waals surface area contributed by atoms with Gasteiger partial charge in [0.05, 0.1) is 18.2 Å². The molecule has 0 atom stereocenters. The third kappa shape index (κ3) is 4.42. The van der Waals surface area contributed by atoms with Crippen LogP contribution in [0, 0.1) is 0 Å². The maximum Gasteiger partial charge on any atom is 0.0981 e. The summed E-state index contributed by atoms with van der Waals surface area (Å²) in [5, 5.41) is 1.16. The van der Waals surface area contributed by atoms with Gasteiger partial charge in [-0.25, -0.2) is 4.98 Å². The smallest absolute Gasteiger partial charge is 0.0981 e. The van der Waals surface area contributed by atoms with E-state index in [1.54, 1.807) is 11.3 Å². The summed E-state index contributed by atoms with van der Waals surface area (Å²) in [5.74, 6) is 0. The van der Waals surface area contributed by atoms with Gasteiger partial charge in [-0.2, -0.15) is 5.48 Å². The zero-order chi connectivity index (χ0) is 13.7. The Balaban J connectivity index is 1.76. The van der Waals surface area contributed by atoms with E-state index in [1.165, 1.54) is 4.88 Å². The second-order valence-electron chi connectivity index (χ2n) is 5.48. The second-order valence-corrected chi connectivity index (χ2v) is 6.59. The van der Waals surface area contributed by atoms with Crippen LogP contribution in [0.25, 0.3) is 0 Å². The minimum atomic E-state index is 0.119. The van der Waals surface area contributed by atoms with Crippen LogP contribution in [0.1, 0.15) is 36.2 Å². The molecule has 0 aliphatic heterocycles. The summed E-state index contributed by atoms with van der Waals surface area (Å²) in [6, 6.07) is 10.1. The van der Waals surface area contributed by atoms with Crippen LogP contribution in [0.15, 0.2) is 36.5 Å². The number of nitrogens with zero attached hydrogens (tertiary/aromatic N) is 1. The Kier molecular flexibility index (Phi) is 4.69. The predicted molar refractivity (Wildman–Crippen MR) is 78.9 cm³/mol. The first kappa shape index (κ1) is 14.2. The highest BCUT2D eigenvalue weighted by Crippen LogP contribution is 2.26. The summed E-state index contributed by atoms with van der Waals surface area (Å²) in [6.07, 6.45) is 1.92. The van der Waals surface area contributed by atoms with Crippen LogP contribution in [0.3, 0.4) is 0 Å². The first-order valence-electron chi connectivity index (χ1n) is 6.39. The number of rotatable bonds is 5. The molecule has 0 unspecified atom stereocenters. The summed E-state index contributed by atoms with van der Waals surface area (Å²) in [5.41, 5.74) is 4.27. The van der Waals surface area contributed by atoms with E-state index in [0.29, 0.717) is 13.2 Å². The van der Waals surface area contributed by atoms with Gasteiger partial charge in [0.1, 0.15) is 0 Å². The van der Waals surface area contributed by atoms with Crippen molar-refractivity contribution in [1.82, 2.24) is 10.5 Å². The van der Waals surface area contributed by atoms with E-state index in [-0.39, 0.29) is 5.41 Å². The number of aromatic nitrogens is 1. The highest BCUT2D eigenvalue weighted by molar-refractivity contribution is 7.11. The van der Waals surface area contributed by atoms with Crippen LogP contribution < -0.4 is 5.48 Å². The molecule has 4 heteroatoms. The fourth-order valence-corrected chi connectivity index (χ4v) is 2.46. The Morgan fingerprint density at radius 1 is 1.21 bits per heavy atom. The van der Waals surface area contributed by atoms with Gasteiger partial charge in [-0.05, 0) is 5.56 Å². The summed E-state index contributed by atoms with van der Waals surface area (Å²) in [7, 11) is 0. The summed E-state index contributed by atoms with van der Waals surface area (Å²) < 4.78 is 0. The van der Waals surface area contributed by atoms with Crippen molar-refractivity contribution in [3.63, 3.8) is 0 Å². The topological polar surface area (TPSA) is 34.2 Å². The molecule has 0 aliphatic rings. The van der Waals surface area contributed by atoms with Gasteiger partial charge in [0.25, 0.3) is 0 Å². The zero-order valence-electron chi connectivity index (χ0n) is 11.6. The van der Waals surface area contributed by atoms with Gasteiger partial charge in [-0.3, -0.25) is 4.84 Å². The lowest BCUT2D eigenvalue weighted by Crippen LogP contribution is -2.13. The van der Waals surface area contributed by atoms with Crippen LogP contribution in [0.4, 0.5) is 0 Å². The lowest BCUT2D eigenvalue weighted by molar-refractivity contribution is 0.0240. The second kappa shape index (κ2) is 6.28. The minimum Gasteiger partial charge on any atom is -0.297 e. The zero-order valence-corrected chi connectivity index (χ0v) is 12.5. The highest BCUT2D eigenvalue weighted by Gasteiger charge is 2.17. The lowest BCUT2D eigenvalue weighted by atomic mass is 9.98. The van der Waals surface area contributed by atoms with E-state index in [9.17, 15) is 0 Å². The lowest BCUT2D eigenvalue weighted by Gasteiger charge is -2.13. The van der Waals surface area contributed by atoms with Gasteiger partial charge in [-0.1, -0.05) is 51.1 Å². The Labute approximate surface area is 118 Å². The van der Waals surface area contributed by atoms with Crippen molar-refractivity contribution < 1.29 is 4.84 Å².